The van der Waals surface area contributed by atoms with Crippen molar-refractivity contribution in [1.82, 2.24) is 4.57 Å². The van der Waals surface area contributed by atoms with Crippen molar-refractivity contribution >= 4 is 22.5 Å². The maximum atomic E-state index is 12.3. The van der Waals surface area contributed by atoms with Crippen LogP contribution in [0.5, 0.6) is 5.75 Å². The second-order valence-electron chi connectivity index (χ2n) is 5.70. The van der Waals surface area contributed by atoms with Crippen LogP contribution < -0.4 is 10.1 Å². The average Bonchev–Trinajstić information content (AvgIpc) is 3.04. The van der Waals surface area contributed by atoms with E-state index in [1.807, 2.05) is 24.3 Å². The summed E-state index contributed by atoms with van der Waals surface area (Å²) in [7, 11) is 1.60. The van der Waals surface area contributed by atoms with Crippen molar-refractivity contribution in [2.75, 3.05) is 12.4 Å². The van der Waals surface area contributed by atoms with Crippen molar-refractivity contribution in [1.29, 1.82) is 0 Å². The Labute approximate surface area is 142 Å². The summed E-state index contributed by atoms with van der Waals surface area (Å²) in [4.78, 5) is 12.3. The molecule has 1 heterocycles. The lowest BCUT2D eigenvalue weighted by molar-refractivity contribution is -0.116. The minimum atomic E-state index is -0.00794. The van der Waals surface area contributed by atoms with Gasteiger partial charge < -0.3 is 14.6 Å². The van der Waals surface area contributed by atoms with Gasteiger partial charge in [-0.15, -0.1) is 0 Å². The number of methoxy groups -OCH3 is 1. The van der Waals surface area contributed by atoms with Gasteiger partial charge in [0.1, 0.15) is 5.75 Å². The third kappa shape index (κ3) is 3.27. The smallest absolute Gasteiger partial charge is 0.224 e. The summed E-state index contributed by atoms with van der Waals surface area (Å²) in [6.07, 6.45) is 3.25. The van der Waals surface area contributed by atoms with Gasteiger partial charge in [0, 0.05) is 30.1 Å². The summed E-state index contributed by atoms with van der Waals surface area (Å²) in [6.45, 7) is 3.08. The predicted molar refractivity (Wildman–Crippen MR) is 97.6 cm³/mol. The number of nitrogens with zero attached hydrogens (tertiary/aromatic N) is 1. The molecule has 0 fully saturated rings. The van der Waals surface area contributed by atoms with E-state index in [1.54, 1.807) is 7.11 Å². The van der Waals surface area contributed by atoms with E-state index in [2.05, 4.69) is 47.3 Å². The predicted octanol–water partition coefficient (Wildman–Crippen LogP) is 4.24. The molecule has 0 saturated carbocycles. The molecule has 24 heavy (non-hydrogen) atoms. The third-order valence-electron chi connectivity index (χ3n) is 4.25. The lowest BCUT2D eigenvalue weighted by atomic mass is 10.0. The van der Waals surface area contributed by atoms with Crippen molar-refractivity contribution in [2.45, 2.75) is 26.3 Å². The Bertz CT molecular complexity index is 852. The molecule has 0 atom stereocenters. The van der Waals surface area contributed by atoms with E-state index in [9.17, 15) is 4.79 Å². The Morgan fingerprint density at radius 2 is 1.96 bits per heavy atom. The molecule has 0 unspecified atom stereocenters. The molecule has 0 aliphatic rings. The lowest BCUT2D eigenvalue weighted by Crippen LogP contribution is -2.13. The Balaban J connectivity index is 1.69. The molecule has 0 spiro atoms. The minimum Gasteiger partial charge on any atom is -0.495 e. The van der Waals surface area contributed by atoms with E-state index in [-0.39, 0.29) is 5.91 Å². The summed E-state index contributed by atoms with van der Waals surface area (Å²) in [5.41, 5.74) is 3.13. The average molecular weight is 322 g/mol. The van der Waals surface area contributed by atoms with E-state index in [0.717, 1.165) is 6.54 Å². The van der Waals surface area contributed by atoms with Gasteiger partial charge in [-0.25, -0.2) is 0 Å². The summed E-state index contributed by atoms with van der Waals surface area (Å²) in [5.74, 6) is 0.666. The molecule has 1 amide bonds. The van der Waals surface area contributed by atoms with Crippen LogP contribution in [0.2, 0.25) is 0 Å². The van der Waals surface area contributed by atoms with Crippen molar-refractivity contribution in [2.24, 2.45) is 0 Å². The summed E-state index contributed by atoms with van der Waals surface area (Å²) < 4.78 is 7.48. The first-order chi connectivity index (χ1) is 11.7. The number of para-hydroxylation sites is 2. The maximum Gasteiger partial charge on any atom is 0.224 e. The molecule has 0 aliphatic carbocycles. The Morgan fingerprint density at radius 1 is 1.12 bits per heavy atom. The first-order valence-electron chi connectivity index (χ1n) is 8.22. The molecule has 3 aromatic rings. The van der Waals surface area contributed by atoms with E-state index < -0.39 is 0 Å². The van der Waals surface area contributed by atoms with Gasteiger partial charge in [0.05, 0.1) is 12.8 Å². The molecule has 1 aromatic heterocycles. The highest BCUT2D eigenvalue weighted by Gasteiger charge is 2.09. The molecule has 2 aromatic carbocycles. The number of fused-ring (bicyclic) bond motifs is 1. The van der Waals surface area contributed by atoms with E-state index >= 15 is 0 Å². The number of carbonyl (C=O) groups is 1. The van der Waals surface area contributed by atoms with Crippen LogP contribution in [0.3, 0.4) is 0 Å². The molecule has 0 aliphatic heterocycles. The van der Waals surface area contributed by atoms with Crippen molar-refractivity contribution in [3.05, 3.63) is 60.3 Å². The monoisotopic (exact) mass is 322 g/mol. The quantitative estimate of drug-likeness (QED) is 0.737. The summed E-state index contributed by atoms with van der Waals surface area (Å²) in [6, 6.07) is 15.9. The SMILES string of the molecule is CCn1ccc2c(CCC(=O)Nc3ccccc3OC)cccc21. The first-order valence-corrected chi connectivity index (χ1v) is 8.22. The van der Waals surface area contributed by atoms with Crippen molar-refractivity contribution in [3.8, 4) is 5.75 Å². The zero-order valence-electron chi connectivity index (χ0n) is 14.1. The molecule has 0 radical (unpaired) electrons. The highest BCUT2D eigenvalue weighted by Crippen LogP contribution is 2.24. The topological polar surface area (TPSA) is 43.3 Å². The van der Waals surface area contributed by atoms with Gasteiger partial charge >= 0.3 is 0 Å². The fourth-order valence-electron chi connectivity index (χ4n) is 2.99. The molecular weight excluding hydrogens is 300 g/mol. The Morgan fingerprint density at radius 3 is 2.75 bits per heavy atom. The third-order valence-corrected chi connectivity index (χ3v) is 4.25. The van der Waals surface area contributed by atoms with Gasteiger partial charge in [0.25, 0.3) is 0 Å². The number of hydrogen-bond acceptors (Lipinski definition) is 2. The number of ether oxygens (including phenoxy) is 1. The largest absolute Gasteiger partial charge is 0.495 e. The van der Waals surface area contributed by atoms with Gasteiger partial charge in [-0.1, -0.05) is 24.3 Å². The summed E-state index contributed by atoms with van der Waals surface area (Å²) >= 11 is 0. The molecule has 0 bridgehead atoms. The second-order valence-corrected chi connectivity index (χ2v) is 5.70. The number of aromatic nitrogens is 1. The van der Waals surface area contributed by atoms with Crippen LogP contribution in [0.25, 0.3) is 10.9 Å². The van der Waals surface area contributed by atoms with Crippen molar-refractivity contribution < 1.29 is 9.53 Å². The standard InChI is InChI=1S/C20H22N2O2/c1-3-22-14-13-16-15(7-6-9-18(16)22)11-12-20(23)21-17-8-4-5-10-19(17)24-2/h4-10,13-14H,3,11-12H2,1-2H3,(H,21,23). The number of nitrogens with one attached hydrogen (secondary N) is 1. The molecular formula is C20H22N2O2. The molecule has 4 heteroatoms. The van der Waals surface area contributed by atoms with Gasteiger partial charge in [0.15, 0.2) is 0 Å². The van der Waals surface area contributed by atoms with Gasteiger partial charge in [0.2, 0.25) is 5.91 Å². The van der Waals surface area contributed by atoms with E-state index in [0.29, 0.717) is 24.3 Å². The number of anilines is 1. The highest BCUT2D eigenvalue weighted by molar-refractivity contribution is 5.93. The normalized spacial score (nSPS) is 10.8. The number of rotatable bonds is 6. The molecule has 0 saturated heterocycles. The zero-order valence-corrected chi connectivity index (χ0v) is 14.1. The minimum absolute atomic E-state index is 0.00794. The Hall–Kier alpha value is -2.75. The number of carbonyl (C=O) groups excluding carboxylic acids is 1. The van der Waals surface area contributed by atoms with Crippen LogP contribution in [0.15, 0.2) is 54.7 Å². The first kappa shape index (κ1) is 16.1. The van der Waals surface area contributed by atoms with Gasteiger partial charge in [-0.2, -0.15) is 0 Å². The van der Waals surface area contributed by atoms with E-state index in [4.69, 9.17) is 4.74 Å². The number of aryl methyl sites for hydroxylation is 2. The van der Waals surface area contributed by atoms with Crippen LogP contribution >= 0.6 is 0 Å². The molecule has 3 rings (SSSR count). The zero-order chi connectivity index (χ0) is 16.9. The second kappa shape index (κ2) is 7.21. The number of benzene rings is 2. The van der Waals surface area contributed by atoms with Crippen LogP contribution in [-0.4, -0.2) is 17.6 Å². The number of amides is 1. The van der Waals surface area contributed by atoms with Gasteiger partial charge in [-0.05, 0) is 43.2 Å². The van der Waals surface area contributed by atoms with Crippen LogP contribution in [0.1, 0.15) is 18.9 Å². The summed E-state index contributed by atoms with van der Waals surface area (Å²) in [5, 5.41) is 4.15. The van der Waals surface area contributed by atoms with Crippen LogP contribution in [-0.2, 0) is 17.8 Å². The molecule has 4 nitrogen and oxygen atoms in total. The van der Waals surface area contributed by atoms with Gasteiger partial charge in [-0.3, -0.25) is 4.79 Å². The fraction of sp³-hybridized carbons (Fsp3) is 0.250. The molecule has 124 valence electrons. The highest BCUT2D eigenvalue weighted by atomic mass is 16.5. The van der Waals surface area contributed by atoms with Crippen LogP contribution in [0, 0.1) is 0 Å². The fourth-order valence-corrected chi connectivity index (χ4v) is 2.99. The maximum absolute atomic E-state index is 12.3. The Kier molecular flexibility index (Phi) is 4.85. The van der Waals surface area contributed by atoms with E-state index in [1.165, 1.54) is 16.5 Å². The van der Waals surface area contributed by atoms with Crippen molar-refractivity contribution in [3.63, 3.8) is 0 Å². The number of hydrogen-bond donors (Lipinski definition) is 1. The molecule has 1 N–H and O–H groups in total. The lowest BCUT2D eigenvalue weighted by Gasteiger charge is -2.10. The van der Waals surface area contributed by atoms with Crippen LogP contribution in [0.4, 0.5) is 5.69 Å².